The zero-order valence-electron chi connectivity index (χ0n) is 11.5. The molecule has 1 aliphatic heterocycles. The first-order chi connectivity index (χ1) is 8.87. The van der Waals surface area contributed by atoms with E-state index in [0.717, 1.165) is 18.5 Å². The summed E-state index contributed by atoms with van der Waals surface area (Å²) in [6.45, 7) is 7.12. The Labute approximate surface area is 114 Å². The molecule has 1 aromatic rings. The van der Waals surface area contributed by atoms with Crippen LogP contribution in [-0.2, 0) is 0 Å². The fraction of sp³-hybridized carbons (Fsp3) is 0.538. The van der Waals surface area contributed by atoms with Gasteiger partial charge in [0.25, 0.3) is 0 Å². The van der Waals surface area contributed by atoms with Crippen LogP contribution in [0.25, 0.3) is 0 Å². The van der Waals surface area contributed by atoms with Gasteiger partial charge in [0.1, 0.15) is 19.6 Å². The summed E-state index contributed by atoms with van der Waals surface area (Å²) in [4.78, 5) is 20.0. The summed E-state index contributed by atoms with van der Waals surface area (Å²) in [7, 11) is -1.41. The van der Waals surface area contributed by atoms with Crippen molar-refractivity contribution in [2.24, 2.45) is 0 Å². The average Bonchev–Trinajstić information content (AvgIpc) is 2.94. The van der Waals surface area contributed by atoms with Crippen molar-refractivity contribution in [3.63, 3.8) is 0 Å². The van der Waals surface area contributed by atoms with E-state index < -0.39 is 14.2 Å². The van der Waals surface area contributed by atoms with Crippen molar-refractivity contribution in [2.75, 3.05) is 6.54 Å². The maximum atomic E-state index is 11.1. The number of aromatic amines is 1. The van der Waals surface area contributed by atoms with E-state index in [1.807, 2.05) is 0 Å². The van der Waals surface area contributed by atoms with Crippen molar-refractivity contribution in [3.8, 4) is 11.5 Å². The summed E-state index contributed by atoms with van der Waals surface area (Å²) in [6.07, 6.45) is 2.52. The van der Waals surface area contributed by atoms with Gasteiger partial charge in [-0.15, -0.1) is 5.54 Å². The number of rotatable bonds is 1. The van der Waals surface area contributed by atoms with Crippen molar-refractivity contribution in [1.29, 1.82) is 0 Å². The Hall–Kier alpha value is -1.74. The number of imidazole rings is 1. The van der Waals surface area contributed by atoms with Crippen LogP contribution >= 0.6 is 0 Å². The normalized spacial score (nSPS) is 19.1. The summed E-state index contributed by atoms with van der Waals surface area (Å²) >= 11 is 0. The van der Waals surface area contributed by atoms with Crippen LogP contribution in [0, 0.1) is 11.5 Å². The molecule has 1 fully saturated rings. The van der Waals surface area contributed by atoms with Gasteiger partial charge < -0.3 is 10.1 Å². The minimum absolute atomic E-state index is 0.153. The van der Waals surface area contributed by atoms with Crippen molar-refractivity contribution in [1.82, 2.24) is 14.9 Å². The lowest BCUT2D eigenvalue weighted by Gasteiger charge is -2.19. The van der Waals surface area contributed by atoms with E-state index in [2.05, 4.69) is 41.1 Å². The standard InChI is InChI=1S/C13H19N3O2Si/c1-19(2,3)8-6-10-9-14-12(15-10)11-5-4-7-16(11)13(17)18/h9,11H,4-5,7H2,1-3H3,(H,14,15)(H,17,18). The van der Waals surface area contributed by atoms with Gasteiger partial charge in [0.05, 0.1) is 12.2 Å². The summed E-state index contributed by atoms with van der Waals surface area (Å²) in [6, 6.07) is -0.153. The van der Waals surface area contributed by atoms with Gasteiger partial charge in [-0.2, -0.15) is 0 Å². The largest absolute Gasteiger partial charge is 0.465 e. The van der Waals surface area contributed by atoms with E-state index in [4.69, 9.17) is 5.11 Å². The predicted molar refractivity (Wildman–Crippen MR) is 75.5 cm³/mol. The zero-order valence-corrected chi connectivity index (χ0v) is 12.5. The molecule has 2 rings (SSSR count). The van der Waals surface area contributed by atoms with Crippen LogP contribution in [0.15, 0.2) is 6.20 Å². The van der Waals surface area contributed by atoms with Crippen LogP contribution < -0.4 is 0 Å². The molecule has 6 heteroatoms. The van der Waals surface area contributed by atoms with Gasteiger partial charge >= 0.3 is 6.09 Å². The van der Waals surface area contributed by atoms with Crippen LogP contribution in [0.2, 0.25) is 19.6 Å². The first-order valence-electron chi connectivity index (χ1n) is 6.44. The van der Waals surface area contributed by atoms with Gasteiger partial charge in [0.15, 0.2) is 0 Å². The van der Waals surface area contributed by atoms with Crippen LogP contribution in [0.5, 0.6) is 0 Å². The van der Waals surface area contributed by atoms with Gasteiger partial charge in [-0.1, -0.05) is 25.6 Å². The Kier molecular flexibility index (Phi) is 3.67. The number of carbonyl (C=O) groups is 1. The Morgan fingerprint density at radius 2 is 2.32 bits per heavy atom. The Morgan fingerprint density at radius 1 is 1.58 bits per heavy atom. The predicted octanol–water partition coefficient (Wildman–Crippen LogP) is 2.45. The number of hydrogen-bond acceptors (Lipinski definition) is 2. The van der Waals surface area contributed by atoms with Gasteiger partial charge in [-0.3, -0.25) is 4.90 Å². The van der Waals surface area contributed by atoms with Crippen LogP contribution in [0.1, 0.15) is 30.4 Å². The maximum absolute atomic E-state index is 11.1. The van der Waals surface area contributed by atoms with E-state index in [9.17, 15) is 4.79 Å². The van der Waals surface area contributed by atoms with Crippen molar-refractivity contribution in [3.05, 3.63) is 17.7 Å². The Balaban J connectivity index is 2.17. The average molecular weight is 277 g/mol. The molecule has 1 aromatic heterocycles. The lowest BCUT2D eigenvalue weighted by Crippen LogP contribution is -2.29. The number of H-pyrrole nitrogens is 1. The molecular weight excluding hydrogens is 258 g/mol. The van der Waals surface area contributed by atoms with Crippen molar-refractivity contribution < 1.29 is 9.90 Å². The molecular formula is C13H19N3O2Si. The molecule has 0 saturated carbocycles. The van der Waals surface area contributed by atoms with Gasteiger partial charge in [0.2, 0.25) is 0 Å². The minimum Gasteiger partial charge on any atom is -0.465 e. The molecule has 0 aliphatic carbocycles. The first kappa shape index (κ1) is 13.7. The van der Waals surface area contributed by atoms with E-state index in [-0.39, 0.29) is 6.04 Å². The number of aromatic nitrogens is 2. The fourth-order valence-corrected chi connectivity index (χ4v) is 2.61. The third kappa shape index (κ3) is 3.38. The molecule has 0 bridgehead atoms. The van der Waals surface area contributed by atoms with Crippen LogP contribution in [-0.4, -0.2) is 40.7 Å². The molecule has 0 spiro atoms. The molecule has 5 nitrogen and oxygen atoms in total. The molecule has 1 saturated heterocycles. The molecule has 0 radical (unpaired) electrons. The van der Waals surface area contributed by atoms with E-state index in [1.54, 1.807) is 6.20 Å². The molecule has 1 amide bonds. The molecule has 2 N–H and O–H groups in total. The molecule has 2 heterocycles. The number of nitrogens with zero attached hydrogens (tertiary/aromatic N) is 2. The summed E-state index contributed by atoms with van der Waals surface area (Å²) in [5, 5.41) is 9.12. The molecule has 19 heavy (non-hydrogen) atoms. The summed E-state index contributed by atoms with van der Waals surface area (Å²) in [5.41, 5.74) is 4.04. The zero-order chi connectivity index (χ0) is 14.0. The van der Waals surface area contributed by atoms with Crippen molar-refractivity contribution in [2.45, 2.75) is 38.5 Å². The number of likely N-dealkylation sites (tertiary alicyclic amines) is 1. The second-order valence-corrected chi connectivity index (χ2v) is 10.6. The SMILES string of the molecule is C[Si](C)(C)C#Cc1cnc(C2CCCN2C(=O)O)[nH]1. The second kappa shape index (κ2) is 5.09. The lowest BCUT2D eigenvalue weighted by atomic mass is 10.2. The molecule has 102 valence electrons. The van der Waals surface area contributed by atoms with Crippen LogP contribution in [0.4, 0.5) is 4.79 Å². The fourth-order valence-electron chi connectivity index (χ4n) is 2.10. The third-order valence-corrected chi connectivity index (χ3v) is 3.86. The minimum atomic E-state index is -1.41. The van der Waals surface area contributed by atoms with Crippen molar-refractivity contribution >= 4 is 14.2 Å². The highest BCUT2D eigenvalue weighted by Crippen LogP contribution is 2.29. The number of amides is 1. The van der Waals surface area contributed by atoms with E-state index in [0.29, 0.717) is 12.4 Å². The molecule has 1 aliphatic rings. The highest BCUT2D eigenvalue weighted by Gasteiger charge is 2.31. The lowest BCUT2D eigenvalue weighted by molar-refractivity contribution is 0.139. The van der Waals surface area contributed by atoms with Crippen LogP contribution in [0.3, 0.4) is 0 Å². The highest BCUT2D eigenvalue weighted by molar-refractivity contribution is 6.83. The Bertz CT molecular complexity index is 536. The number of carboxylic acid groups (broad SMARTS) is 1. The topological polar surface area (TPSA) is 69.2 Å². The Morgan fingerprint density at radius 3 is 2.95 bits per heavy atom. The van der Waals surface area contributed by atoms with Gasteiger partial charge in [-0.25, -0.2) is 9.78 Å². The highest BCUT2D eigenvalue weighted by atomic mass is 28.3. The quantitative estimate of drug-likeness (QED) is 0.612. The van der Waals surface area contributed by atoms with E-state index >= 15 is 0 Å². The number of nitrogens with one attached hydrogen (secondary N) is 1. The maximum Gasteiger partial charge on any atom is 0.407 e. The third-order valence-electron chi connectivity index (χ3n) is 2.98. The molecule has 0 aromatic carbocycles. The monoisotopic (exact) mass is 277 g/mol. The summed E-state index contributed by atoms with van der Waals surface area (Å²) in [5.74, 6) is 3.81. The summed E-state index contributed by atoms with van der Waals surface area (Å²) < 4.78 is 0. The first-order valence-corrected chi connectivity index (χ1v) is 9.94. The smallest absolute Gasteiger partial charge is 0.407 e. The van der Waals surface area contributed by atoms with E-state index in [1.165, 1.54) is 4.90 Å². The van der Waals surface area contributed by atoms with Gasteiger partial charge in [-0.05, 0) is 12.8 Å². The van der Waals surface area contributed by atoms with Gasteiger partial charge in [0, 0.05) is 6.54 Å². The molecule has 1 atom stereocenters. The number of hydrogen-bond donors (Lipinski definition) is 2. The second-order valence-electron chi connectivity index (χ2n) is 5.82. The molecule has 1 unspecified atom stereocenters.